The van der Waals surface area contributed by atoms with Crippen LogP contribution in [0.15, 0.2) is 12.4 Å². The fourth-order valence-electron chi connectivity index (χ4n) is 2.00. The number of hydrogen-bond acceptors (Lipinski definition) is 4. The molecular weight excluding hydrogens is 244 g/mol. The molecule has 2 heterocycles. The van der Waals surface area contributed by atoms with E-state index in [2.05, 4.69) is 20.3 Å². The van der Waals surface area contributed by atoms with E-state index < -0.39 is 0 Å². The topological polar surface area (TPSA) is 90.9 Å². The van der Waals surface area contributed by atoms with Gasteiger partial charge in [0.25, 0.3) is 5.91 Å². The van der Waals surface area contributed by atoms with Crippen LogP contribution in [0.1, 0.15) is 41.7 Å². The Morgan fingerprint density at radius 3 is 3.11 bits per heavy atom. The van der Waals surface area contributed by atoms with Crippen molar-refractivity contribution in [2.75, 3.05) is 6.61 Å². The molecule has 0 aliphatic heterocycles. The molecule has 2 aromatic rings. The van der Waals surface area contributed by atoms with Gasteiger partial charge in [0, 0.05) is 18.2 Å². The monoisotopic (exact) mass is 260 g/mol. The van der Waals surface area contributed by atoms with E-state index in [0.29, 0.717) is 22.6 Å². The number of H-pyrrole nitrogens is 1. The molecular formula is C13H16N4O2. The molecule has 0 saturated heterocycles. The number of carbonyl (C=O) groups excluding carboxylic acids is 1. The SMILES string of the molecule is C[C@@H](CO)NC(=O)c1c[nH]c2ncc(C3CC3)nc12. The molecule has 1 amide bonds. The highest BCUT2D eigenvalue weighted by Crippen LogP contribution is 2.39. The highest BCUT2D eigenvalue weighted by atomic mass is 16.3. The molecule has 0 radical (unpaired) electrons. The minimum absolute atomic E-state index is 0.0902. The predicted octanol–water partition coefficient (Wildman–Crippen LogP) is 0.946. The third-order valence-corrected chi connectivity index (χ3v) is 3.29. The summed E-state index contributed by atoms with van der Waals surface area (Å²) in [4.78, 5) is 23.9. The quantitative estimate of drug-likeness (QED) is 0.763. The molecule has 1 atom stereocenters. The van der Waals surface area contributed by atoms with Gasteiger partial charge in [-0.15, -0.1) is 0 Å². The summed E-state index contributed by atoms with van der Waals surface area (Å²) in [6, 6.07) is -0.281. The van der Waals surface area contributed by atoms with Crippen molar-refractivity contribution >= 4 is 17.1 Å². The van der Waals surface area contributed by atoms with Gasteiger partial charge in [-0.25, -0.2) is 9.97 Å². The molecule has 0 spiro atoms. The Morgan fingerprint density at radius 1 is 1.63 bits per heavy atom. The maximum Gasteiger partial charge on any atom is 0.255 e. The normalized spacial score (nSPS) is 16.5. The second-order valence-electron chi connectivity index (χ2n) is 5.03. The number of rotatable bonds is 4. The molecule has 1 fully saturated rings. The van der Waals surface area contributed by atoms with Crippen LogP contribution in [-0.2, 0) is 0 Å². The number of carbonyl (C=O) groups is 1. The van der Waals surface area contributed by atoms with Gasteiger partial charge in [-0.3, -0.25) is 4.79 Å². The fraction of sp³-hybridized carbons (Fsp3) is 0.462. The minimum Gasteiger partial charge on any atom is -0.394 e. The molecule has 3 N–H and O–H groups in total. The lowest BCUT2D eigenvalue weighted by Gasteiger charge is -2.09. The summed E-state index contributed by atoms with van der Waals surface area (Å²) in [6.07, 6.45) is 5.68. The molecule has 6 heteroatoms. The largest absolute Gasteiger partial charge is 0.394 e. The van der Waals surface area contributed by atoms with Crippen molar-refractivity contribution in [3.05, 3.63) is 23.7 Å². The maximum atomic E-state index is 12.1. The number of aliphatic hydroxyl groups excluding tert-OH is 1. The van der Waals surface area contributed by atoms with Crippen LogP contribution in [0.2, 0.25) is 0 Å². The second kappa shape index (κ2) is 4.62. The molecule has 0 unspecified atom stereocenters. The standard InChI is InChI=1S/C13H16N4O2/c1-7(6-18)16-13(19)9-4-14-12-11(9)17-10(5-15-12)8-2-3-8/h4-5,7-8,18H,2-3,6H2,1H3,(H,14,15)(H,16,19)/t7-/m0/s1. The van der Waals surface area contributed by atoms with Crippen molar-refractivity contribution < 1.29 is 9.90 Å². The lowest BCUT2D eigenvalue weighted by molar-refractivity contribution is 0.0924. The molecule has 100 valence electrons. The van der Waals surface area contributed by atoms with Gasteiger partial charge in [0.05, 0.1) is 24.1 Å². The summed E-state index contributed by atoms with van der Waals surface area (Å²) in [7, 11) is 0. The number of amides is 1. The smallest absolute Gasteiger partial charge is 0.255 e. The number of nitrogens with zero attached hydrogens (tertiary/aromatic N) is 2. The number of aliphatic hydroxyl groups is 1. The van der Waals surface area contributed by atoms with E-state index in [1.54, 1.807) is 19.3 Å². The first-order valence-electron chi connectivity index (χ1n) is 6.44. The third-order valence-electron chi connectivity index (χ3n) is 3.29. The number of hydrogen-bond donors (Lipinski definition) is 3. The molecule has 3 rings (SSSR count). The zero-order valence-electron chi connectivity index (χ0n) is 10.7. The van der Waals surface area contributed by atoms with Crippen molar-refractivity contribution in [1.29, 1.82) is 0 Å². The Balaban J connectivity index is 1.94. The molecule has 0 aromatic carbocycles. The average molecular weight is 260 g/mol. The summed E-state index contributed by atoms with van der Waals surface area (Å²) in [5, 5.41) is 11.7. The van der Waals surface area contributed by atoms with Gasteiger partial charge in [0.1, 0.15) is 5.52 Å². The lowest BCUT2D eigenvalue weighted by atomic mass is 10.2. The average Bonchev–Trinajstić information content (AvgIpc) is 3.17. The first-order valence-corrected chi connectivity index (χ1v) is 6.44. The van der Waals surface area contributed by atoms with Gasteiger partial charge in [-0.1, -0.05) is 0 Å². The Hall–Kier alpha value is -1.95. The summed E-state index contributed by atoms with van der Waals surface area (Å²) in [6.45, 7) is 1.65. The van der Waals surface area contributed by atoms with E-state index in [-0.39, 0.29) is 18.6 Å². The summed E-state index contributed by atoms with van der Waals surface area (Å²) >= 11 is 0. The first kappa shape index (κ1) is 12.1. The van der Waals surface area contributed by atoms with Crippen LogP contribution in [0.5, 0.6) is 0 Å². The van der Waals surface area contributed by atoms with Crippen molar-refractivity contribution in [1.82, 2.24) is 20.3 Å². The second-order valence-corrected chi connectivity index (χ2v) is 5.03. The van der Waals surface area contributed by atoms with Gasteiger partial charge < -0.3 is 15.4 Å². The van der Waals surface area contributed by atoms with Gasteiger partial charge in [-0.2, -0.15) is 0 Å². The molecule has 1 aliphatic rings. The Bertz CT molecular complexity index is 618. The van der Waals surface area contributed by atoms with Crippen molar-refractivity contribution in [2.24, 2.45) is 0 Å². The maximum absolute atomic E-state index is 12.1. The third kappa shape index (κ3) is 2.31. The fourth-order valence-corrected chi connectivity index (χ4v) is 2.00. The highest BCUT2D eigenvalue weighted by Gasteiger charge is 2.26. The highest BCUT2D eigenvalue weighted by molar-refractivity contribution is 6.04. The number of fused-ring (bicyclic) bond motifs is 1. The van der Waals surface area contributed by atoms with Crippen LogP contribution >= 0.6 is 0 Å². The first-order chi connectivity index (χ1) is 9.19. The van der Waals surface area contributed by atoms with Crippen molar-refractivity contribution in [2.45, 2.75) is 31.7 Å². The zero-order valence-corrected chi connectivity index (χ0v) is 10.7. The number of aromatic amines is 1. The summed E-state index contributed by atoms with van der Waals surface area (Å²) < 4.78 is 0. The molecule has 0 bridgehead atoms. The van der Waals surface area contributed by atoms with Crippen LogP contribution in [0.3, 0.4) is 0 Å². The van der Waals surface area contributed by atoms with Gasteiger partial charge in [0.2, 0.25) is 0 Å². The Morgan fingerprint density at radius 2 is 2.42 bits per heavy atom. The van der Waals surface area contributed by atoms with Gasteiger partial charge >= 0.3 is 0 Å². The van der Waals surface area contributed by atoms with Crippen LogP contribution < -0.4 is 5.32 Å². The molecule has 1 aliphatic carbocycles. The van der Waals surface area contributed by atoms with E-state index in [4.69, 9.17) is 5.11 Å². The molecule has 2 aromatic heterocycles. The van der Waals surface area contributed by atoms with Gasteiger partial charge in [-0.05, 0) is 19.8 Å². The molecule has 6 nitrogen and oxygen atoms in total. The van der Waals surface area contributed by atoms with Crippen LogP contribution in [0, 0.1) is 0 Å². The van der Waals surface area contributed by atoms with E-state index in [1.807, 2.05) is 0 Å². The van der Waals surface area contributed by atoms with Crippen LogP contribution in [-0.4, -0.2) is 38.6 Å². The zero-order chi connectivity index (χ0) is 13.4. The Labute approximate surface area is 110 Å². The Kier molecular flexibility index (Phi) is 2.94. The summed E-state index contributed by atoms with van der Waals surface area (Å²) in [5.74, 6) is 0.258. The minimum atomic E-state index is -0.281. The van der Waals surface area contributed by atoms with Gasteiger partial charge in [0.15, 0.2) is 5.65 Å². The summed E-state index contributed by atoms with van der Waals surface area (Å²) in [5.41, 5.74) is 2.65. The van der Waals surface area contributed by atoms with Crippen LogP contribution in [0.4, 0.5) is 0 Å². The lowest BCUT2D eigenvalue weighted by Crippen LogP contribution is -2.34. The van der Waals surface area contributed by atoms with Crippen LogP contribution in [0.25, 0.3) is 11.2 Å². The van der Waals surface area contributed by atoms with Crippen molar-refractivity contribution in [3.63, 3.8) is 0 Å². The van der Waals surface area contributed by atoms with E-state index in [9.17, 15) is 4.79 Å². The van der Waals surface area contributed by atoms with E-state index >= 15 is 0 Å². The number of nitrogens with one attached hydrogen (secondary N) is 2. The van der Waals surface area contributed by atoms with Crippen molar-refractivity contribution in [3.8, 4) is 0 Å². The predicted molar refractivity (Wildman–Crippen MR) is 69.9 cm³/mol. The molecule has 1 saturated carbocycles. The van der Waals surface area contributed by atoms with E-state index in [0.717, 1.165) is 18.5 Å². The van der Waals surface area contributed by atoms with E-state index in [1.165, 1.54) is 0 Å². The molecule has 19 heavy (non-hydrogen) atoms. The number of aromatic nitrogens is 3.